The summed E-state index contributed by atoms with van der Waals surface area (Å²) in [6.45, 7) is 14.4. The Hall–Kier alpha value is -1.46. The van der Waals surface area contributed by atoms with E-state index in [2.05, 4.69) is 0 Å². The van der Waals surface area contributed by atoms with E-state index < -0.39 is 11.6 Å². The molecule has 0 spiro atoms. The molecule has 14 nitrogen and oxygen atoms in total. The van der Waals surface area contributed by atoms with Gasteiger partial charge in [0.25, 0.3) is 0 Å². The molecule has 0 amide bonds. The van der Waals surface area contributed by atoms with Crippen LogP contribution in [-0.4, -0.2) is 156 Å². The van der Waals surface area contributed by atoms with Gasteiger partial charge in [-0.1, -0.05) is 0 Å². The van der Waals surface area contributed by atoms with Gasteiger partial charge in [0.15, 0.2) is 0 Å². The number of carbonyl (C=O) groups excluding carboxylic acids is 1. The molecule has 0 aliphatic carbocycles. The van der Waals surface area contributed by atoms with Crippen LogP contribution in [0.3, 0.4) is 0 Å². The maximum atomic E-state index is 11.4. The van der Waals surface area contributed by atoms with Crippen LogP contribution in [0.5, 0.6) is 0 Å². The third-order valence-corrected chi connectivity index (χ3v) is 4.43. The van der Waals surface area contributed by atoms with Crippen LogP contribution in [0.25, 0.3) is 0 Å². The first-order chi connectivity index (χ1) is 20.2. The van der Waals surface area contributed by atoms with Gasteiger partial charge in [-0.05, 0) is 20.8 Å². The SMILES string of the molecule is COCCOCCOCCOCCOCCC(=O)O.COCCOCCOCCOCCOCCC(=O)OC(C)(C)C. The molecule has 0 radical (unpaired) electrons. The topological polar surface area (TPSA) is 156 Å². The molecule has 42 heavy (non-hydrogen) atoms. The number of carbonyl (C=O) groups is 2. The van der Waals surface area contributed by atoms with Gasteiger partial charge in [-0.15, -0.1) is 0 Å². The maximum Gasteiger partial charge on any atom is 0.308 e. The van der Waals surface area contributed by atoms with Gasteiger partial charge in [-0.25, -0.2) is 0 Å². The molecule has 0 unspecified atom stereocenters. The lowest BCUT2D eigenvalue weighted by atomic mass is 10.2. The number of esters is 1. The quantitative estimate of drug-likeness (QED) is 0.0917. The normalized spacial score (nSPS) is 11.3. The molecule has 0 saturated carbocycles. The van der Waals surface area contributed by atoms with Crippen molar-refractivity contribution in [3.63, 3.8) is 0 Å². The van der Waals surface area contributed by atoms with Crippen LogP contribution in [0.15, 0.2) is 0 Å². The lowest BCUT2D eigenvalue weighted by molar-refractivity contribution is -0.156. The van der Waals surface area contributed by atoms with Gasteiger partial charge >= 0.3 is 11.9 Å². The largest absolute Gasteiger partial charge is 0.481 e. The first-order valence-electron chi connectivity index (χ1n) is 14.3. The van der Waals surface area contributed by atoms with E-state index >= 15 is 0 Å². The van der Waals surface area contributed by atoms with E-state index in [1.807, 2.05) is 20.8 Å². The zero-order chi connectivity index (χ0) is 31.6. The molecule has 252 valence electrons. The molecule has 0 aliphatic heterocycles. The third-order valence-electron chi connectivity index (χ3n) is 4.43. The van der Waals surface area contributed by atoms with Gasteiger partial charge in [0, 0.05) is 14.2 Å². The summed E-state index contributed by atoms with van der Waals surface area (Å²) >= 11 is 0. The molecule has 0 aromatic carbocycles. The Kier molecular flexibility index (Phi) is 34.6. The number of hydrogen-bond acceptors (Lipinski definition) is 13. The van der Waals surface area contributed by atoms with E-state index in [0.29, 0.717) is 112 Å². The molecule has 0 bridgehead atoms. The highest BCUT2D eigenvalue weighted by atomic mass is 16.6. The van der Waals surface area contributed by atoms with Gasteiger partial charge in [-0.2, -0.15) is 0 Å². The summed E-state index contributed by atoms with van der Waals surface area (Å²) < 4.78 is 56.8. The van der Waals surface area contributed by atoms with Crippen molar-refractivity contribution in [1.29, 1.82) is 0 Å². The van der Waals surface area contributed by atoms with Gasteiger partial charge in [0.2, 0.25) is 0 Å². The van der Waals surface area contributed by atoms with Crippen LogP contribution in [0, 0.1) is 0 Å². The highest BCUT2D eigenvalue weighted by molar-refractivity contribution is 5.69. The zero-order valence-corrected chi connectivity index (χ0v) is 26.4. The van der Waals surface area contributed by atoms with E-state index in [9.17, 15) is 9.59 Å². The smallest absolute Gasteiger partial charge is 0.308 e. The molecule has 14 heteroatoms. The van der Waals surface area contributed by atoms with Crippen LogP contribution >= 0.6 is 0 Å². The summed E-state index contributed by atoms with van der Waals surface area (Å²) in [4.78, 5) is 21.6. The van der Waals surface area contributed by atoms with E-state index in [-0.39, 0.29) is 25.4 Å². The van der Waals surface area contributed by atoms with E-state index in [1.165, 1.54) is 0 Å². The fourth-order valence-corrected chi connectivity index (χ4v) is 2.52. The van der Waals surface area contributed by atoms with Crippen LogP contribution < -0.4 is 0 Å². The molecular formula is C28H56O14. The molecule has 0 heterocycles. The summed E-state index contributed by atoms with van der Waals surface area (Å²) in [6, 6.07) is 0. The first-order valence-corrected chi connectivity index (χ1v) is 14.3. The number of hydrogen-bond donors (Lipinski definition) is 1. The van der Waals surface area contributed by atoms with Crippen LogP contribution in [0.1, 0.15) is 33.6 Å². The predicted molar refractivity (Wildman–Crippen MR) is 153 cm³/mol. The van der Waals surface area contributed by atoms with Gasteiger partial charge in [0.05, 0.1) is 132 Å². The minimum absolute atomic E-state index is 0.0200. The maximum absolute atomic E-state index is 11.4. The molecule has 0 saturated heterocycles. The van der Waals surface area contributed by atoms with E-state index in [0.717, 1.165) is 0 Å². The zero-order valence-electron chi connectivity index (χ0n) is 26.4. The number of aliphatic carboxylic acids is 1. The number of carboxylic acids is 1. The van der Waals surface area contributed by atoms with Crippen LogP contribution in [0.4, 0.5) is 0 Å². The fourth-order valence-electron chi connectivity index (χ4n) is 2.52. The lowest BCUT2D eigenvalue weighted by Gasteiger charge is -2.19. The summed E-state index contributed by atoms with van der Waals surface area (Å²) in [6.07, 6.45) is 0.273. The van der Waals surface area contributed by atoms with Crippen molar-refractivity contribution in [2.45, 2.75) is 39.2 Å². The molecular weight excluding hydrogens is 560 g/mol. The Morgan fingerprint density at radius 3 is 0.976 bits per heavy atom. The Labute approximate surface area is 251 Å². The van der Waals surface area contributed by atoms with Gasteiger partial charge in [-0.3, -0.25) is 9.59 Å². The Balaban J connectivity index is 0. The second-order valence-corrected chi connectivity index (χ2v) is 9.36. The highest BCUT2D eigenvalue weighted by Crippen LogP contribution is 2.08. The van der Waals surface area contributed by atoms with Crippen molar-refractivity contribution < 1.29 is 66.8 Å². The first kappa shape index (κ1) is 42.7. The fraction of sp³-hybridized carbons (Fsp3) is 0.929. The average Bonchev–Trinajstić information content (AvgIpc) is 2.92. The number of rotatable bonds is 30. The Morgan fingerprint density at radius 2 is 0.714 bits per heavy atom. The minimum Gasteiger partial charge on any atom is -0.481 e. The average molecular weight is 617 g/mol. The van der Waals surface area contributed by atoms with Gasteiger partial charge in [0.1, 0.15) is 5.60 Å². The molecule has 1 N–H and O–H groups in total. The summed E-state index contributed by atoms with van der Waals surface area (Å²) in [5.41, 5.74) is -0.449. The molecule has 0 fully saturated rings. The lowest BCUT2D eigenvalue weighted by Crippen LogP contribution is -2.24. The number of methoxy groups -OCH3 is 2. The molecule has 0 atom stereocenters. The van der Waals surface area contributed by atoms with Crippen molar-refractivity contribution in [2.75, 3.05) is 133 Å². The third kappa shape index (κ3) is 43.0. The Morgan fingerprint density at radius 1 is 0.452 bits per heavy atom. The van der Waals surface area contributed by atoms with Crippen molar-refractivity contribution in [3.8, 4) is 0 Å². The molecule has 0 aromatic rings. The van der Waals surface area contributed by atoms with E-state index in [1.54, 1.807) is 14.2 Å². The number of carboxylic acid groups (broad SMARTS) is 1. The summed E-state index contributed by atoms with van der Waals surface area (Å²) in [5.74, 6) is -1.11. The Bertz CT molecular complexity index is 571. The minimum atomic E-state index is -0.859. The molecule has 0 aliphatic rings. The van der Waals surface area contributed by atoms with Crippen LogP contribution in [0.2, 0.25) is 0 Å². The van der Waals surface area contributed by atoms with Crippen molar-refractivity contribution in [1.82, 2.24) is 0 Å². The van der Waals surface area contributed by atoms with Crippen LogP contribution in [-0.2, 0) is 61.7 Å². The highest BCUT2D eigenvalue weighted by Gasteiger charge is 2.15. The second-order valence-electron chi connectivity index (χ2n) is 9.36. The molecule has 0 aromatic heterocycles. The summed E-state index contributed by atoms with van der Waals surface area (Å²) in [7, 11) is 3.26. The predicted octanol–water partition coefficient (Wildman–Crippen LogP) is 1.60. The van der Waals surface area contributed by atoms with Crippen molar-refractivity contribution >= 4 is 11.9 Å². The van der Waals surface area contributed by atoms with E-state index in [4.69, 9.17) is 57.2 Å². The second kappa shape index (κ2) is 34.0. The number of ether oxygens (including phenoxy) is 11. The monoisotopic (exact) mass is 616 g/mol. The summed E-state index contributed by atoms with van der Waals surface area (Å²) in [5, 5.41) is 8.36. The van der Waals surface area contributed by atoms with Gasteiger partial charge < -0.3 is 57.2 Å². The van der Waals surface area contributed by atoms with Crippen molar-refractivity contribution in [3.05, 3.63) is 0 Å². The van der Waals surface area contributed by atoms with Crippen molar-refractivity contribution in [2.24, 2.45) is 0 Å². The molecule has 0 rings (SSSR count). The standard InChI is InChI=1S/C16H32O7.C12H24O7/c1-16(2,3)23-15(17)5-6-19-9-10-21-13-14-22-12-11-20-8-7-18-4;1-15-4-5-17-8-9-19-11-10-18-7-6-16-3-2-12(13)14/h5-14H2,1-4H3;2-11H2,1H3,(H,13,14).